The third-order valence-electron chi connectivity index (χ3n) is 2.79. The van der Waals surface area contributed by atoms with Crippen molar-refractivity contribution < 1.29 is 9.50 Å². The van der Waals surface area contributed by atoms with Crippen LogP contribution in [0.25, 0.3) is 0 Å². The molecule has 1 N–H and O–H groups in total. The average Bonchev–Trinajstić information content (AvgIpc) is 2.63. The van der Waals surface area contributed by atoms with Gasteiger partial charge < -0.3 is 5.11 Å². The molecule has 3 nitrogen and oxygen atoms in total. The largest absolute Gasteiger partial charge is 0.386 e. The van der Waals surface area contributed by atoms with Crippen LogP contribution >= 0.6 is 11.6 Å². The van der Waals surface area contributed by atoms with Gasteiger partial charge in [0.25, 0.3) is 0 Å². The summed E-state index contributed by atoms with van der Waals surface area (Å²) in [7, 11) is 1.77. The lowest BCUT2D eigenvalue weighted by atomic mass is 10.1. The minimum atomic E-state index is -0.711. The molecular formula is C13H14ClFN2O. The third kappa shape index (κ3) is 2.71. The molecule has 1 atom stereocenters. The molecule has 18 heavy (non-hydrogen) atoms. The van der Waals surface area contributed by atoms with Crippen molar-refractivity contribution in [2.24, 2.45) is 7.05 Å². The number of aryl methyl sites for hydroxylation is 2. The van der Waals surface area contributed by atoms with Crippen molar-refractivity contribution in [2.75, 3.05) is 0 Å². The molecule has 1 heterocycles. The summed E-state index contributed by atoms with van der Waals surface area (Å²) in [4.78, 5) is 0. The number of aliphatic hydroxyl groups excluding tert-OH is 1. The lowest BCUT2D eigenvalue weighted by Gasteiger charge is -2.11. The lowest BCUT2D eigenvalue weighted by molar-refractivity contribution is 0.168. The minimum Gasteiger partial charge on any atom is -0.386 e. The van der Waals surface area contributed by atoms with Gasteiger partial charge in [-0.05, 0) is 30.7 Å². The van der Waals surface area contributed by atoms with E-state index in [9.17, 15) is 9.50 Å². The van der Waals surface area contributed by atoms with E-state index in [4.69, 9.17) is 11.6 Å². The standard InChI is InChI=1S/C13H14ClFN2O/c1-8-5-12(17(2)16-8)13(18)7-9-3-4-10(14)11(15)6-9/h3-6,13,18H,7H2,1-2H3. The molecule has 0 bridgehead atoms. The van der Waals surface area contributed by atoms with Gasteiger partial charge in [0.05, 0.1) is 22.5 Å². The van der Waals surface area contributed by atoms with E-state index in [-0.39, 0.29) is 5.02 Å². The Labute approximate surface area is 110 Å². The highest BCUT2D eigenvalue weighted by molar-refractivity contribution is 6.30. The molecule has 0 saturated heterocycles. The zero-order chi connectivity index (χ0) is 13.3. The number of halogens is 2. The summed E-state index contributed by atoms with van der Waals surface area (Å²) in [5, 5.41) is 14.4. The van der Waals surface area contributed by atoms with Crippen LogP contribution in [0.2, 0.25) is 5.02 Å². The molecule has 1 aromatic heterocycles. The maximum atomic E-state index is 13.3. The summed E-state index contributed by atoms with van der Waals surface area (Å²) in [6.45, 7) is 1.86. The quantitative estimate of drug-likeness (QED) is 0.930. The van der Waals surface area contributed by atoms with Crippen molar-refractivity contribution in [3.05, 3.63) is 52.1 Å². The molecule has 0 saturated carbocycles. The Bertz CT molecular complexity index is 568. The van der Waals surface area contributed by atoms with Crippen LogP contribution in [-0.2, 0) is 13.5 Å². The van der Waals surface area contributed by atoms with Gasteiger partial charge in [0.2, 0.25) is 0 Å². The number of nitrogens with zero attached hydrogens (tertiary/aromatic N) is 2. The second kappa shape index (κ2) is 5.08. The molecular weight excluding hydrogens is 255 g/mol. The normalized spacial score (nSPS) is 12.7. The van der Waals surface area contributed by atoms with E-state index >= 15 is 0 Å². The number of benzene rings is 1. The van der Waals surface area contributed by atoms with Gasteiger partial charge in [0.15, 0.2) is 0 Å². The van der Waals surface area contributed by atoms with Gasteiger partial charge in [-0.1, -0.05) is 17.7 Å². The summed E-state index contributed by atoms with van der Waals surface area (Å²) < 4.78 is 14.9. The van der Waals surface area contributed by atoms with Crippen molar-refractivity contribution >= 4 is 11.6 Å². The Morgan fingerprint density at radius 2 is 2.17 bits per heavy atom. The predicted molar refractivity (Wildman–Crippen MR) is 68.0 cm³/mol. The van der Waals surface area contributed by atoms with Gasteiger partial charge in [0, 0.05) is 13.5 Å². The zero-order valence-electron chi connectivity index (χ0n) is 10.2. The summed E-state index contributed by atoms with van der Waals surface area (Å²) in [5.74, 6) is -0.470. The first-order valence-electron chi connectivity index (χ1n) is 5.60. The number of hydrogen-bond acceptors (Lipinski definition) is 2. The SMILES string of the molecule is Cc1cc(C(O)Cc2ccc(Cl)c(F)c2)n(C)n1. The van der Waals surface area contributed by atoms with E-state index in [0.29, 0.717) is 17.7 Å². The third-order valence-corrected chi connectivity index (χ3v) is 3.10. The molecule has 96 valence electrons. The van der Waals surface area contributed by atoms with Crippen LogP contribution in [0.3, 0.4) is 0 Å². The Hall–Kier alpha value is -1.39. The molecule has 0 aliphatic rings. The Kier molecular flexibility index (Phi) is 3.68. The highest BCUT2D eigenvalue weighted by atomic mass is 35.5. The van der Waals surface area contributed by atoms with E-state index < -0.39 is 11.9 Å². The van der Waals surface area contributed by atoms with E-state index in [1.54, 1.807) is 17.8 Å². The number of hydrogen-bond donors (Lipinski definition) is 1. The molecule has 2 aromatic rings. The Balaban J connectivity index is 2.18. The fourth-order valence-electron chi connectivity index (χ4n) is 1.94. The van der Waals surface area contributed by atoms with Crippen LogP contribution in [0, 0.1) is 12.7 Å². The van der Waals surface area contributed by atoms with Gasteiger partial charge in [-0.15, -0.1) is 0 Å². The van der Waals surface area contributed by atoms with Crippen LogP contribution in [0.5, 0.6) is 0 Å². The minimum absolute atomic E-state index is 0.0876. The van der Waals surface area contributed by atoms with Gasteiger partial charge in [-0.3, -0.25) is 4.68 Å². The van der Waals surface area contributed by atoms with Gasteiger partial charge in [-0.25, -0.2) is 4.39 Å². The van der Waals surface area contributed by atoms with Crippen LogP contribution in [0.15, 0.2) is 24.3 Å². The van der Waals surface area contributed by atoms with E-state index in [1.807, 2.05) is 13.0 Å². The average molecular weight is 269 g/mol. The first-order chi connectivity index (χ1) is 8.47. The molecule has 0 radical (unpaired) electrons. The summed E-state index contributed by atoms with van der Waals surface area (Å²) in [6, 6.07) is 6.36. The van der Waals surface area contributed by atoms with Crippen molar-refractivity contribution in [1.82, 2.24) is 9.78 Å². The fourth-order valence-corrected chi connectivity index (χ4v) is 2.05. The van der Waals surface area contributed by atoms with Crippen molar-refractivity contribution in [3.8, 4) is 0 Å². The van der Waals surface area contributed by atoms with E-state index in [2.05, 4.69) is 5.10 Å². The van der Waals surface area contributed by atoms with Crippen LogP contribution in [0.1, 0.15) is 23.1 Å². The predicted octanol–water partition coefficient (Wildman–Crippen LogP) is 2.80. The van der Waals surface area contributed by atoms with Gasteiger partial charge in [0.1, 0.15) is 5.82 Å². The molecule has 0 aliphatic carbocycles. The second-order valence-electron chi connectivity index (χ2n) is 4.30. The highest BCUT2D eigenvalue weighted by Crippen LogP contribution is 2.21. The Morgan fingerprint density at radius 1 is 1.44 bits per heavy atom. The molecule has 0 fully saturated rings. The molecule has 2 rings (SSSR count). The second-order valence-corrected chi connectivity index (χ2v) is 4.71. The zero-order valence-corrected chi connectivity index (χ0v) is 10.9. The monoisotopic (exact) mass is 268 g/mol. The van der Waals surface area contributed by atoms with Gasteiger partial charge >= 0.3 is 0 Å². The number of rotatable bonds is 3. The molecule has 0 spiro atoms. The maximum absolute atomic E-state index is 13.3. The molecule has 5 heteroatoms. The van der Waals surface area contributed by atoms with E-state index in [1.165, 1.54) is 12.1 Å². The fraction of sp³-hybridized carbons (Fsp3) is 0.308. The van der Waals surface area contributed by atoms with Crippen molar-refractivity contribution in [1.29, 1.82) is 0 Å². The summed E-state index contributed by atoms with van der Waals surface area (Å²) in [5.41, 5.74) is 2.25. The Morgan fingerprint density at radius 3 is 2.72 bits per heavy atom. The number of aromatic nitrogens is 2. The van der Waals surface area contributed by atoms with Crippen molar-refractivity contribution in [2.45, 2.75) is 19.4 Å². The number of aliphatic hydroxyl groups is 1. The summed E-state index contributed by atoms with van der Waals surface area (Å²) in [6.07, 6.45) is -0.385. The smallest absolute Gasteiger partial charge is 0.142 e. The van der Waals surface area contributed by atoms with Crippen LogP contribution in [0.4, 0.5) is 4.39 Å². The van der Waals surface area contributed by atoms with Crippen molar-refractivity contribution in [3.63, 3.8) is 0 Å². The highest BCUT2D eigenvalue weighted by Gasteiger charge is 2.14. The molecule has 1 aromatic carbocycles. The first-order valence-corrected chi connectivity index (χ1v) is 5.97. The van der Waals surface area contributed by atoms with Crippen LogP contribution in [-0.4, -0.2) is 14.9 Å². The molecule has 0 amide bonds. The lowest BCUT2D eigenvalue weighted by Crippen LogP contribution is -2.08. The maximum Gasteiger partial charge on any atom is 0.142 e. The first kappa shape index (κ1) is 13.1. The van der Waals surface area contributed by atoms with Gasteiger partial charge in [-0.2, -0.15) is 5.10 Å². The summed E-state index contributed by atoms with van der Waals surface area (Å²) >= 11 is 5.61. The van der Waals surface area contributed by atoms with Crippen LogP contribution < -0.4 is 0 Å². The topological polar surface area (TPSA) is 38.0 Å². The van der Waals surface area contributed by atoms with E-state index in [0.717, 1.165) is 5.69 Å². The molecule has 0 aliphatic heterocycles. The molecule has 1 unspecified atom stereocenters.